The first-order valence-electron chi connectivity index (χ1n) is 4.82. The van der Waals surface area contributed by atoms with E-state index >= 15 is 0 Å². The van der Waals surface area contributed by atoms with Crippen LogP contribution < -0.4 is 0 Å². The number of rotatable bonds is 2. The molecule has 1 aromatic rings. The van der Waals surface area contributed by atoms with Crippen molar-refractivity contribution < 1.29 is 8.42 Å². The van der Waals surface area contributed by atoms with Gasteiger partial charge in [-0.15, -0.1) is 0 Å². The molecular formula is C11H12BrNO2S. The molecule has 0 bridgehead atoms. The zero-order valence-corrected chi connectivity index (χ0v) is 11.5. The molecular weight excluding hydrogens is 290 g/mol. The van der Waals surface area contributed by atoms with E-state index in [1.807, 2.05) is 31.1 Å². The molecule has 86 valence electrons. The summed E-state index contributed by atoms with van der Waals surface area (Å²) in [6.45, 7) is 0.434. The molecule has 1 aliphatic rings. The van der Waals surface area contributed by atoms with E-state index in [4.69, 9.17) is 0 Å². The summed E-state index contributed by atoms with van der Waals surface area (Å²) in [5.74, 6) is 0. The average molecular weight is 302 g/mol. The van der Waals surface area contributed by atoms with Gasteiger partial charge in [0.25, 0.3) is 0 Å². The molecule has 2 rings (SSSR count). The summed E-state index contributed by atoms with van der Waals surface area (Å²) < 4.78 is 25.1. The van der Waals surface area contributed by atoms with E-state index in [9.17, 15) is 8.42 Å². The first-order valence-corrected chi connectivity index (χ1v) is 7.09. The normalized spacial score (nSPS) is 17.4. The molecule has 16 heavy (non-hydrogen) atoms. The average Bonchev–Trinajstić information content (AvgIpc) is 2.38. The molecule has 1 aliphatic heterocycles. The van der Waals surface area contributed by atoms with Crippen molar-refractivity contribution in [2.24, 2.45) is 0 Å². The molecule has 1 heterocycles. The number of hydrogen-bond acceptors (Lipinski definition) is 3. The van der Waals surface area contributed by atoms with E-state index in [-0.39, 0.29) is 0 Å². The van der Waals surface area contributed by atoms with Crippen LogP contribution in [0.5, 0.6) is 0 Å². The third kappa shape index (κ3) is 1.83. The second-order valence-electron chi connectivity index (χ2n) is 4.01. The van der Waals surface area contributed by atoms with Crippen molar-refractivity contribution in [3.63, 3.8) is 0 Å². The van der Waals surface area contributed by atoms with Crippen LogP contribution in [0.2, 0.25) is 0 Å². The molecule has 0 unspecified atom stereocenters. The maximum absolute atomic E-state index is 12.2. The Bertz CT molecular complexity index is 561. The smallest absolute Gasteiger partial charge is 0.205 e. The maximum Gasteiger partial charge on any atom is 0.205 e. The molecule has 0 fully saturated rings. The number of halogens is 1. The molecule has 0 saturated carbocycles. The van der Waals surface area contributed by atoms with Crippen LogP contribution in [0.15, 0.2) is 32.5 Å². The summed E-state index contributed by atoms with van der Waals surface area (Å²) in [6, 6.07) is 5.41. The van der Waals surface area contributed by atoms with Gasteiger partial charge in [-0.25, -0.2) is 8.42 Å². The fourth-order valence-corrected chi connectivity index (χ4v) is 4.50. The Morgan fingerprint density at radius 3 is 2.56 bits per heavy atom. The molecule has 0 N–H and O–H groups in total. The number of sulfone groups is 1. The van der Waals surface area contributed by atoms with Crippen LogP contribution in [0.25, 0.3) is 6.08 Å². The summed E-state index contributed by atoms with van der Waals surface area (Å²) >= 11 is 3.29. The molecule has 3 nitrogen and oxygen atoms in total. The topological polar surface area (TPSA) is 37.4 Å². The van der Waals surface area contributed by atoms with Crippen LogP contribution in [-0.2, 0) is 9.84 Å². The lowest BCUT2D eigenvalue weighted by Gasteiger charge is -2.10. The molecule has 0 aliphatic carbocycles. The van der Waals surface area contributed by atoms with Crippen molar-refractivity contribution in [2.75, 3.05) is 20.6 Å². The van der Waals surface area contributed by atoms with Crippen molar-refractivity contribution in [1.82, 2.24) is 4.90 Å². The standard InChI is InChI=1S/C11H12BrNO2S/c1-13(2)7-9-6-8-4-3-5-10(12)11(8)16(9,14)15/h3-6H,7H2,1-2H3. The molecule has 5 heteroatoms. The Morgan fingerprint density at radius 2 is 2.00 bits per heavy atom. The third-order valence-corrected chi connectivity index (χ3v) is 5.25. The fourth-order valence-electron chi connectivity index (χ4n) is 1.75. The maximum atomic E-state index is 12.2. The second kappa shape index (κ2) is 3.98. The van der Waals surface area contributed by atoms with Crippen LogP contribution >= 0.6 is 15.9 Å². The van der Waals surface area contributed by atoms with E-state index < -0.39 is 9.84 Å². The summed E-state index contributed by atoms with van der Waals surface area (Å²) in [5.41, 5.74) is 0.770. The number of nitrogens with zero attached hydrogens (tertiary/aromatic N) is 1. The van der Waals surface area contributed by atoms with Gasteiger partial charge in [-0.1, -0.05) is 12.1 Å². The number of benzene rings is 1. The largest absolute Gasteiger partial charge is 0.304 e. The van der Waals surface area contributed by atoms with Gasteiger partial charge >= 0.3 is 0 Å². The minimum Gasteiger partial charge on any atom is -0.304 e. The Morgan fingerprint density at radius 1 is 1.31 bits per heavy atom. The Kier molecular flexibility index (Phi) is 2.94. The first kappa shape index (κ1) is 11.8. The lowest BCUT2D eigenvalue weighted by atomic mass is 10.2. The first-order chi connectivity index (χ1) is 7.43. The number of hydrogen-bond donors (Lipinski definition) is 0. The predicted molar refractivity (Wildman–Crippen MR) is 67.9 cm³/mol. The second-order valence-corrected chi connectivity index (χ2v) is 6.80. The molecule has 0 spiro atoms. The Hall–Kier alpha value is -0.650. The molecule has 0 amide bonds. The van der Waals surface area contributed by atoms with E-state index in [0.717, 1.165) is 5.56 Å². The van der Waals surface area contributed by atoms with Crippen LogP contribution in [0.3, 0.4) is 0 Å². The van der Waals surface area contributed by atoms with Crippen molar-refractivity contribution in [1.29, 1.82) is 0 Å². The SMILES string of the molecule is CN(C)CC1=Cc2cccc(Br)c2S1(=O)=O. The van der Waals surface area contributed by atoms with E-state index in [0.29, 0.717) is 20.8 Å². The summed E-state index contributed by atoms with van der Waals surface area (Å²) in [5, 5.41) is 0. The van der Waals surface area contributed by atoms with Crippen LogP contribution in [-0.4, -0.2) is 34.0 Å². The van der Waals surface area contributed by atoms with Crippen molar-refractivity contribution in [2.45, 2.75) is 4.90 Å². The zero-order valence-electron chi connectivity index (χ0n) is 9.07. The van der Waals surface area contributed by atoms with Gasteiger partial charge < -0.3 is 4.90 Å². The highest BCUT2D eigenvalue weighted by molar-refractivity contribution is 9.10. The van der Waals surface area contributed by atoms with Gasteiger partial charge in [0, 0.05) is 11.0 Å². The highest BCUT2D eigenvalue weighted by atomic mass is 79.9. The molecule has 0 atom stereocenters. The van der Waals surface area contributed by atoms with Gasteiger partial charge in [-0.3, -0.25) is 0 Å². The van der Waals surface area contributed by atoms with Gasteiger partial charge in [0.05, 0.1) is 9.80 Å². The van der Waals surface area contributed by atoms with Gasteiger partial charge in [0.15, 0.2) is 0 Å². The summed E-state index contributed by atoms with van der Waals surface area (Å²) in [4.78, 5) is 2.70. The number of likely N-dealkylation sites (N-methyl/N-ethyl adjacent to an activating group) is 1. The van der Waals surface area contributed by atoms with Crippen molar-refractivity contribution in [3.05, 3.63) is 33.1 Å². The van der Waals surface area contributed by atoms with Crippen LogP contribution in [0, 0.1) is 0 Å². The fraction of sp³-hybridized carbons (Fsp3) is 0.273. The molecule has 0 radical (unpaired) electrons. The van der Waals surface area contributed by atoms with Gasteiger partial charge in [0.2, 0.25) is 9.84 Å². The molecule has 0 aromatic heterocycles. The third-order valence-electron chi connectivity index (χ3n) is 2.40. The predicted octanol–water partition coefficient (Wildman–Crippen LogP) is 2.14. The minimum atomic E-state index is -3.30. The summed E-state index contributed by atoms with van der Waals surface area (Å²) in [7, 11) is 0.412. The summed E-state index contributed by atoms with van der Waals surface area (Å²) in [6.07, 6.45) is 1.75. The Labute approximate surface area is 104 Å². The lowest BCUT2D eigenvalue weighted by molar-refractivity contribution is 0.451. The minimum absolute atomic E-state index is 0.395. The Balaban J connectivity index is 2.56. The van der Waals surface area contributed by atoms with Crippen LogP contribution in [0.1, 0.15) is 5.56 Å². The van der Waals surface area contributed by atoms with Gasteiger partial charge in [-0.05, 0) is 47.7 Å². The monoisotopic (exact) mass is 301 g/mol. The van der Waals surface area contributed by atoms with Crippen molar-refractivity contribution >= 4 is 31.8 Å². The van der Waals surface area contributed by atoms with Crippen LogP contribution in [0.4, 0.5) is 0 Å². The quantitative estimate of drug-likeness (QED) is 0.840. The van der Waals surface area contributed by atoms with Gasteiger partial charge in [-0.2, -0.15) is 0 Å². The highest BCUT2D eigenvalue weighted by Gasteiger charge is 2.31. The van der Waals surface area contributed by atoms with E-state index in [2.05, 4.69) is 15.9 Å². The molecule has 1 aromatic carbocycles. The molecule has 0 saturated heterocycles. The lowest BCUT2D eigenvalue weighted by Crippen LogP contribution is -2.18. The van der Waals surface area contributed by atoms with E-state index in [1.165, 1.54) is 0 Å². The van der Waals surface area contributed by atoms with E-state index in [1.54, 1.807) is 12.1 Å². The van der Waals surface area contributed by atoms with Crippen molar-refractivity contribution in [3.8, 4) is 0 Å². The number of fused-ring (bicyclic) bond motifs is 1. The zero-order chi connectivity index (χ0) is 11.9. The highest BCUT2D eigenvalue weighted by Crippen LogP contribution is 2.37. The van der Waals surface area contributed by atoms with Gasteiger partial charge in [0.1, 0.15) is 0 Å².